The van der Waals surface area contributed by atoms with Gasteiger partial charge in [-0.1, -0.05) is 0 Å². The molecule has 0 spiro atoms. The van der Waals surface area contributed by atoms with Crippen LogP contribution < -0.4 is 0 Å². The third-order valence-corrected chi connectivity index (χ3v) is 5.04. The fourth-order valence-corrected chi connectivity index (χ4v) is 3.62. The number of carbonyl (C=O) groups is 1. The van der Waals surface area contributed by atoms with Crippen LogP contribution in [0.25, 0.3) is 0 Å². The van der Waals surface area contributed by atoms with Crippen molar-refractivity contribution in [1.82, 2.24) is 15.1 Å². The standard InChI is InChI=1S/C17H24F3N3O3/c18-17(19,20)10-15(24)23-7-1-2-12(11-23)3-4-14-21-22-16(26-14)13-5-8-25-9-6-13/h12-13H,1-11H2. The fourth-order valence-electron chi connectivity index (χ4n) is 3.62. The molecule has 1 aromatic rings. The van der Waals surface area contributed by atoms with E-state index in [4.69, 9.17) is 9.15 Å². The Balaban J connectivity index is 1.47. The minimum Gasteiger partial charge on any atom is -0.425 e. The van der Waals surface area contributed by atoms with E-state index in [9.17, 15) is 18.0 Å². The normalized spacial score (nSPS) is 22.6. The Bertz CT molecular complexity index is 600. The molecule has 1 amide bonds. The summed E-state index contributed by atoms with van der Waals surface area (Å²) in [5, 5.41) is 8.22. The smallest absolute Gasteiger partial charge is 0.397 e. The van der Waals surface area contributed by atoms with Gasteiger partial charge in [-0.05, 0) is 38.0 Å². The van der Waals surface area contributed by atoms with E-state index in [1.54, 1.807) is 0 Å². The summed E-state index contributed by atoms with van der Waals surface area (Å²) in [5.74, 6) is 0.787. The van der Waals surface area contributed by atoms with Gasteiger partial charge in [0.2, 0.25) is 17.7 Å². The molecule has 3 heterocycles. The molecule has 1 aromatic heterocycles. The fraction of sp³-hybridized carbons (Fsp3) is 0.824. The Morgan fingerprint density at radius 1 is 1.19 bits per heavy atom. The van der Waals surface area contributed by atoms with Gasteiger partial charge in [-0.2, -0.15) is 13.2 Å². The van der Waals surface area contributed by atoms with Gasteiger partial charge in [0.25, 0.3) is 0 Å². The number of piperidine rings is 1. The van der Waals surface area contributed by atoms with Crippen LogP contribution in [0.1, 0.15) is 56.2 Å². The molecule has 6 nitrogen and oxygen atoms in total. The summed E-state index contributed by atoms with van der Waals surface area (Å²) >= 11 is 0. The highest BCUT2D eigenvalue weighted by Crippen LogP contribution is 2.28. The van der Waals surface area contributed by atoms with Crippen LogP contribution in [0.15, 0.2) is 4.42 Å². The highest BCUT2D eigenvalue weighted by atomic mass is 19.4. The summed E-state index contributed by atoms with van der Waals surface area (Å²) in [5.41, 5.74) is 0. The van der Waals surface area contributed by atoms with Gasteiger partial charge in [0.05, 0.1) is 0 Å². The number of halogens is 3. The average molecular weight is 375 g/mol. The van der Waals surface area contributed by atoms with Crippen molar-refractivity contribution in [2.75, 3.05) is 26.3 Å². The van der Waals surface area contributed by atoms with Crippen molar-refractivity contribution in [1.29, 1.82) is 0 Å². The predicted molar refractivity (Wildman–Crippen MR) is 85.4 cm³/mol. The maximum absolute atomic E-state index is 12.4. The number of likely N-dealkylation sites (tertiary alicyclic amines) is 1. The van der Waals surface area contributed by atoms with E-state index in [0.29, 0.717) is 44.5 Å². The molecule has 26 heavy (non-hydrogen) atoms. The van der Waals surface area contributed by atoms with Crippen LogP contribution in [0.4, 0.5) is 13.2 Å². The molecule has 0 radical (unpaired) electrons. The Morgan fingerprint density at radius 3 is 2.69 bits per heavy atom. The third-order valence-electron chi connectivity index (χ3n) is 5.04. The summed E-state index contributed by atoms with van der Waals surface area (Å²) in [4.78, 5) is 13.1. The number of hydrogen-bond donors (Lipinski definition) is 0. The number of amides is 1. The zero-order chi connectivity index (χ0) is 18.6. The molecule has 1 unspecified atom stereocenters. The van der Waals surface area contributed by atoms with Gasteiger partial charge >= 0.3 is 6.18 Å². The Hall–Kier alpha value is -1.64. The van der Waals surface area contributed by atoms with Crippen molar-refractivity contribution in [3.05, 3.63) is 11.8 Å². The summed E-state index contributed by atoms with van der Waals surface area (Å²) in [7, 11) is 0. The lowest BCUT2D eigenvalue weighted by atomic mass is 9.93. The molecule has 0 N–H and O–H groups in total. The van der Waals surface area contributed by atoms with E-state index in [1.165, 1.54) is 4.90 Å². The summed E-state index contributed by atoms with van der Waals surface area (Å²) in [6, 6.07) is 0. The summed E-state index contributed by atoms with van der Waals surface area (Å²) in [6.45, 7) is 2.17. The van der Waals surface area contributed by atoms with Crippen molar-refractivity contribution in [2.24, 2.45) is 5.92 Å². The summed E-state index contributed by atoms with van der Waals surface area (Å²) < 4.78 is 48.3. The first-order valence-corrected chi connectivity index (χ1v) is 9.15. The lowest BCUT2D eigenvalue weighted by molar-refractivity contribution is -0.162. The molecular weight excluding hydrogens is 351 g/mol. The van der Waals surface area contributed by atoms with Gasteiger partial charge in [-0.25, -0.2) is 0 Å². The van der Waals surface area contributed by atoms with E-state index in [-0.39, 0.29) is 11.8 Å². The molecule has 0 aliphatic carbocycles. The van der Waals surface area contributed by atoms with Crippen LogP contribution in [0.5, 0.6) is 0 Å². The second-order valence-corrected chi connectivity index (χ2v) is 7.10. The molecule has 0 bridgehead atoms. The highest BCUT2D eigenvalue weighted by Gasteiger charge is 2.35. The number of rotatable bonds is 5. The first kappa shape index (κ1) is 19.1. The van der Waals surface area contributed by atoms with Crippen molar-refractivity contribution < 1.29 is 27.1 Å². The first-order valence-electron chi connectivity index (χ1n) is 9.15. The van der Waals surface area contributed by atoms with Gasteiger partial charge in [-0.15, -0.1) is 10.2 Å². The largest absolute Gasteiger partial charge is 0.425 e. The summed E-state index contributed by atoms with van der Waals surface area (Å²) in [6.07, 6.45) is -1.14. The SMILES string of the molecule is O=C(CC(F)(F)F)N1CCCC(CCc2nnc(C3CCOCC3)o2)C1. The Kier molecular flexibility index (Phi) is 6.16. The molecule has 1 atom stereocenters. The molecular formula is C17H24F3N3O3. The van der Waals surface area contributed by atoms with Crippen LogP contribution in [0.3, 0.4) is 0 Å². The van der Waals surface area contributed by atoms with Crippen molar-refractivity contribution in [3.8, 4) is 0 Å². The average Bonchev–Trinajstić information content (AvgIpc) is 3.09. The Morgan fingerprint density at radius 2 is 1.96 bits per heavy atom. The number of hydrogen-bond acceptors (Lipinski definition) is 5. The molecule has 9 heteroatoms. The molecule has 2 fully saturated rings. The van der Waals surface area contributed by atoms with Crippen molar-refractivity contribution in [2.45, 2.75) is 57.0 Å². The quantitative estimate of drug-likeness (QED) is 0.791. The van der Waals surface area contributed by atoms with E-state index in [2.05, 4.69) is 10.2 Å². The number of aromatic nitrogens is 2. The molecule has 146 valence electrons. The molecule has 2 saturated heterocycles. The second kappa shape index (κ2) is 8.37. The van der Waals surface area contributed by atoms with Gasteiger partial charge in [-0.3, -0.25) is 4.79 Å². The number of aryl methyl sites for hydroxylation is 1. The zero-order valence-electron chi connectivity index (χ0n) is 14.6. The molecule has 0 aromatic carbocycles. The maximum atomic E-state index is 12.4. The van der Waals surface area contributed by atoms with Crippen LogP contribution >= 0.6 is 0 Å². The molecule has 2 aliphatic rings. The van der Waals surface area contributed by atoms with E-state index in [1.807, 2.05) is 0 Å². The number of nitrogens with zero attached hydrogens (tertiary/aromatic N) is 3. The van der Waals surface area contributed by atoms with Crippen LogP contribution in [0.2, 0.25) is 0 Å². The highest BCUT2D eigenvalue weighted by molar-refractivity contribution is 5.76. The van der Waals surface area contributed by atoms with Gasteiger partial charge in [0, 0.05) is 38.6 Å². The monoisotopic (exact) mass is 375 g/mol. The molecule has 0 saturated carbocycles. The Labute approximate surface area is 150 Å². The second-order valence-electron chi connectivity index (χ2n) is 7.10. The van der Waals surface area contributed by atoms with Crippen molar-refractivity contribution in [3.63, 3.8) is 0 Å². The van der Waals surface area contributed by atoms with Crippen molar-refractivity contribution >= 4 is 5.91 Å². The predicted octanol–water partition coefficient (Wildman–Crippen LogP) is 3.09. The minimum absolute atomic E-state index is 0.166. The minimum atomic E-state index is -4.45. The number of alkyl halides is 3. The van der Waals surface area contributed by atoms with Gasteiger partial charge in [0.15, 0.2) is 0 Å². The lowest BCUT2D eigenvalue weighted by Gasteiger charge is -2.33. The topological polar surface area (TPSA) is 68.5 Å². The zero-order valence-corrected chi connectivity index (χ0v) is 14.6. The van der Waals surface area contributed by atoms with Crippen LogP contribution in [-0.2, 0) is 16.0 Å². The van der Waals surface area contributed by atoms with Gasteiger partial charge < -0.3 is 14.1 Å². The van der Waals surface area contributed by atoms with Crippen LogP contribution in [0, 0.1) is 5.92 Å². The molecule has 2 aliphatic heterocycles. The van der Waals surface area contributed by atoms with Gasteiger partial charge in [0.1, 0.15) is 6.42 Å². The first-order chi connectivity index (χ1) is 12.4. The van der Waals surface area contributed by atoms with Crippen LogP contribution in [-0.4, -0.2) is 53.5 Å². The van der Waals surface area contributed by atoms with E-state index < -0.39 is 18.5 Å². The van der Waals surface area contributed by atoms with E-state index >= 15 is 0 Å². The maximum Gasteiger partial charge on any atom is 0.397 e. The number of carbonyl (C=O) groups excluding carboxylic acids is 1. The van der Waals surface area contributed by atoms with E-state index in [0.717, 1.165) is 32.1 Å². The number of ether oxygens (including phenoxy) is 1. The third kappa shape index (κ3) is 5.43. The lowest BCUT2D eigenvalue weighted by Crippen LogP contribution is -2.41. The molecule has 3 rings (SSSR count).